The molecule has 0 aromatic rings. The predicted molar refractivity (Wildman–Crippen MR) is 60.8 cm³/mol. The summed E-state index contributed by atoms with van der Waals surface area (Å²) in [6, 6.07) is 0. The quantitative estimate of drug-likeness (QED) is 0.832. The topological polar surface area (TPSA) is 23.5 Å². The molecule has 17 heavy (non-hydrogen) atoms. The number of hydrogen-bond acceptors (Lipinski definition) is 2. The number of β-amino-alcohol motifs (C(OH)–C–C–N with tert-alkyl or cyclic N) is 1. The Kier molecular flexibility index (Phi) is 5.73. The van der Waals surface area contributed by atoms with Crippen LogP contribution in [0.4, 0.5) is 13.2 Å². The van der Waals surface area contributed by atoms with Crippen molar-refractivity contribution < 1.29 is 18.3 Å². The van der Waals surface area contributed by atoms with Gasteiger partial charge in [0, 0.05) is 6.54 Å². The third kappa shape index (κ3) is 5.25. The van der Waals surface area contributed by atoms with E-state index < -0.39 is 12.3 Å². The fraction of sp³-hybridized carbons (Fsp3) is 1.00. The molecule has 0 aromatic heterocycles. The number of nitrogens with zero attached hydrogens (tertiary/aromatic N) is 1. The second kappa shape index (κ2) is 6.59. The molecule has 2 unspecified atom stereocenters. The van der Waals surface area contributed by atoms with Crippen molar-refractivity contribution in [3.05, 3.63) is 0 Å². The van der Waals surface area contributed by atoms with Crippen LogP contribution in [-0.4, -0.2) is 41.9 Å². The second-order valence-corrected chi connectivity index (χ2v) is 4.94. The first-order chi connectivity index (χ1) is 7.93. The van der Waals surface area contributed by atoms with E-state index in [1.165, 1.54) is 0 Å². The van der Waals surface area contributed by atoms with E-state index in [1.54, 1.807) is 4.90 Å². The molecule has 0 radical (unpaired) electrons. The molecule has 1 aliphatic rings. The van der Waals surface area contributed by atoms with Gasteiger partial charge in [-0.2, -0.15) is 13.2 Å². The van der Waals surface area contributed by atoms with Gasteiger partial charge in [-0.05, 0) is 38.3 Å². The van der Waals surface area contributed by atoms with Gasteiger partial charge in [0.1, 0.15) is 0 Å². The van der Waals surface area contributed by atoms with Crippen molar-refractivity contribution in [1.82, 2.24) is 4.90 Å². The van der Waals surface area contributed by atoms with Gasteiger partial charge in [-0.1, -0.05) is 19.8 Å². The first kappa shape index (κ1) is 14.8. The number of alkyl halides is 3. The van der Waals surface area contributed by atoms with Gasteiger partial charge >= 0.3 is 6.18 Å². The van der Waals surface area contributed by atoms with Crippen LogP contribution in [0.25, 0.3) is 0 Å². The molecule has 5 heteroatoms. The van der Waals surface area contributed by atoms with Crippen molar-refractivity contribution in [3.63, 3.8) is 0 Å². The summed E-state index contributed by atoms with van der Waals surface area (Å²) in [5.41, 5.74) is 0. The lowest BCUT2D eigenvalue weighted by molar-refractivity contribution is -0.208. The van der Waals surface area contributed by atoms with E-state index in [4.69, 9.17) is 5.11 Å². The number of halogens is 3. The van der Waals surface area contributed by atoms with E-state index in [9.17, 15) is 13.2 Å². The Labute approximate surface area is 101 Å². The van der Waals surface area contributed by atoms with Crippen LogP contribution in [0.15, 0.2) is 0 Å². The second-order valence-electron chi connectivity index (χ2n) is 4.94. The number of aliphatic hydroxyl groups excluding tert-OH is 1. The SMILES string of the molecule is CCCC1CCCN(CC(O)C(F)(F)F)CC1. The first-order valence-electron chi connectivity index (χ1n) is 6.40. The molecule has 102 valence electrons. The summed E-state index contributed by atoms with van der Waals surface area (Å²) in [6.45, 7) is 3.21. The minimum Gasteiger partial charge on any atom is -0.382 e. The van der Waals surface area contributed by atoms with Gasteiger partial charge in [-0.3, -0.25) is 0 Å². The maximum atomic E-state index is 12.2. The monoisotopic (exact) mass is 253 g/mol. The first-order valence-corrected chi connectivity index (χ1v) is 6.40. The summed E-state index contributed by atoms with van der Waals surface area (Å²) in [7, 11) is 0. The lowest BCUT2D eigenvalue weighted by atomic mass is 9.96. The maximum absolute atomic E-state index is 12.2. The van der Waals surface area contributed by atoms with Crippen molar-refractivity contribution in [1.29, 1.82) is 0 Å². The highest BCUT2D eigenvalue weighted by molar-refractivity contribution is 4.75. The van der Waals surface area contributed by atoms with E-state index in [0.717, 1.165) is 32.1 Å². The van der Waals surface area contributed by atoms with E-state index in [2.05, 4.69) is 6.92 Å². The predicted octanol–water partition coefficient (Wildman–Crippen LogP) is 2.81. The Bertz CT molecular complexity index is 220. The Morgan fingerprint density at radius 1 is 1.29 bits per heavy atom. The third-order valence-electron chi connectivity index (χ3n) is 3.45. The maximum Gasteiger partial charge on any atom is 0.415 e. The van der Waals surface area contributed by atoms with E-state index in [0.29, 0.717) is 19.0 Å². The minimum absolute atomic E-state index is 0.275. The number of hydrogen-bond donors (Lipinski definition) is 1. The standard InChI is InChI=1S/C12H22F3NO/c1-2-4-10-5-3-7-16(8-6-10)9-11(17)12(13,14)15/h10-11,17H,2-9H2,1H3. The van der Waals surface area contributed by atoms with Crippen LogP contribution in [0, 0.1) is 5.92 Å². The summed E-state index contributed by atoms with van der Waals surface area (Å²) in [5.74, 6) is 0.646. The molecule has 0 aliphatic carbocycles. The largest absolute Gasteiger partial charge is 0.415 e. The minimum atomic E-state index is -4.49. The summed E-state index contributed by atoms with van der Waals surface area (Å²) < 4.78 is 36.7. The smallest absolute Gasteiger partial charge is 0.382 e. The lowest BCUT2D eigenvalue weighted by Crippen LogP contribution is -2.41. The van der Waals surface area contributed by atoms with Gasteiger partial charge < -0.3 is 10.0 Å². The van der Waals surface area contributed by atoms with Crippen LogP contribution in [-0.2, 0) is 0 Å². The Morgan fingerprint density at radius 3 is 2.59 bits per heavy atom. The molecule has 2 nitrogen and oxygen atoms in total. The molecule has 0 bridgehead atoms. The van der Waals surface area contributed by atoms with E-state index in [1.807, 2.05) is 0 Å². The molecule has 1 aliphatic heterocycles. The molecule has 1 fully saturated rings. The van der Waals surface area contributed by atoms with Crippen LogP contribution in [0.3, 0.4) is 0 Å². The van der Waals surface area contributed by atoms with Crippen LogP contribution >= 0.6 is 0 Å². The zero-order valence-corrected chi connectivity index (χ0v) is 10.3. The molecule has 0 aromatic carbocycles. The Balaban J connectivity index is 2.36. The highest BCUT2D eigenvalue weighted by Crippen LogP contribution is 2.24. The van der Waals surface area contributed by atoms with Gasteiger partial charge in [0.15, 0.2) is 6.10 Å². The van der Waals surface area contributed by atoms with Gasteiger partial charge in [0.2, 0.25) is 0 Å². The van der Waals surface area contributed by atoms with Crippen molar-refractivity contribution in [2.45, 2.75) is 51.3 Å². The molecule has 1 saturated heterocycles. The van der Waals surface area contributed by atoms with Crippen LogP contribution in [0.2, 0.25) is 0 Å². The highest BCUT2D eigenvalue weighted by atomic mass is 19.4. The van der Waals surface area contributed by atoms with Crippen LogP contribution < -0.4 is 0 Å². The van der Waals surface area contributed by atoms with Gasteiger partial charge in [0.25, 0.3) is 0 Å². The molecule has 1 N–H and O–H groups in total. The van der Waals surface area contributed by atoms with Crippen molar-refractivity contribution in [2.75, 3.05) is 19.6 Å². The van der Waals surface area contributed by atoms with Gasteiger partial charge in [0.05, 0.1) is 0 Å². The van der Waals surface area contributed by atoms with Crippen molar-refractivity contribution in [2.24, 2.45) is 5.92 Å². The van der Waals surface area contributed by atoms with E-state index in [-0.39, 0.29) is 6.54 Å². The van der Waals surface area contributed by atoms with Crippen LogP contribution in [0.1, 0.15) is 39.0 Å². The number of aliphatic hydroxyl groups is 1. The molecule has 1 heterocycles. The zero-order chi connectivity index (χ0) is 12.9. The molecular weight excluding hydrogens is 231 g/mol. The third-order valence-corrected chi connectivity index (χ3v) is 3.45. The number of likely N-dealkylation sites (tertiary alicyclic amines) is 1. The number of rotatable bonds is 4. The van der Waals surface area contributed by atoms with Crippen molar-refractivity contribution in [3.8, 4) is 0 Å². The molecule has 0 amide bonds. The summed E-state index contributed by atoms with van der Waals surface area (Å²) >= 11 is 0. The Hall–Kier alpha value is -0.290. The molecule has 2 atom stereocenters. The van der Waals surface area contributed by atoms with Gasteiger partial charge in [-0.25, -0.2) is 0 Å². The fourth-order valence-electron chi connectivity index (χ4n) is 2.45. The lowest BCUT2D eigenvalue weighted by Gasteiger charge is -2.24. The molecule has 1 rings (SSSR count). The van der Waals surface area contributed by atoms with Gasteiger partial charge in [-0.15, -0.1) is 0 Å². The van der Waals surface area contributed by atoms with E-state index >= 15 is 0 Å². The molecule has 0 saturated carbocycles. The average molecular weight is 253 g/mol. The molecular formula is C12H22F3NO. The fourth-order valence-corrected chi connectivity index (χ4v) is 2.45. The Morgan fingerprint density at radius 2 is 2.00 bits per heavy atom. The normalized spacial score (nSPS) is 25.6. The van der Waals surface area contributed by atoms with Crippen LogP contribution in [0.5, 0.6) is 0 Å². The average Bonchev–Trinajstić information content (AvgIpc) is 2.43. The summed E-state index contributed by atoms with van der Waals surface area (Å²) in [6.07, 6.45) is -1.40. The summed E-state index contributed by atoms with van der Waals surface area (Å²) in [4.78, 5) is 1.74. The molecule has 0 spiro atoms. The zero-order valence-electron chi connectivity index (χ0n) is 10.3. The highest BCUT2D eigenvalue weighted by Gasteiger charge is 2.39. The van der Waals surface area contributed by atoms with Crippen molar-refractivity contribution >= 4 is 0 Å². The summed E-state index contributed by atoms with van der Waals surface area (Å²) in [5, 5.41) is 9.03.